The van der Waals surface area contributed by atoms with E-state index in [2.05, 4.69) is 19.2 Å². The number of rotatable bonds is 26. The van der Waals surface area contributed by atoms with Crippen molar-refractivity contribution in [2.45, 2.75) is 137 Å². The highest BCUT2D eigenvalue weighted by molar-refractivity contribution is 7.90. The SMILES string of the molecule is C.CC[C@H](C)[C@@H]([C@@H](CC(=O)N1CCC[C@H]1[C@H](OC)[C@@H](C)C(=O)C[C@@H](Cc1ccccc1)CS(=O)(=O)Cc1ccccc1)OC)N(C)C(=O)[C@@H](CC(=O)[C@@H](NC)C(C)C)C(C)C. The number of benzene rings is 2. The van der Waals surface area contributed by atoms with Gasteiger partial charge in [-0.05, 0) is 61.1 Å². The molecule has 0 radical (unpaired) electrons. The summed E-state index contributed by atoms with van der Waals surface area (Å²) in [7, 11) is 3.12. The molecule has 1 heterocycles. The summed E-state index contributed by atoms with van der Waals surface area (Å²) in [6, 6.07) is 17.6. The smallest absolute Gasteiger partial charge is 0.226 e. The summed E-state index contributed by atoms with van der Waals surface area (Å²) in [5.41, 5.74) is 1.67. The summed E-state index contributed by atoms with van der Waals surface area (Å²) in [6.45, 7) is 14.3. The number of hydrogen-bond acceptors (Lipinski definition) is 9. The largest absolute Gasteiger partial charge is 0.379 e. The number of carbonyl (C=O) groups excluding carboxylic acids is 4. The maximum Gasteiger partial charge on any atom is 0.226 e. The number of ether oxygens (including phenoxy) is 2. The molecule has 0 unspecified atom stereocenters. The normalized spacial score (nSPS) is 18.4. The van der Waals surface area contributed by atoms with Crippen LogP contribution < -0.4 is 5.32 Å². The van der Waals surface area contributed by atoms with E-state index in [4.69, 9.17) is 9.47 Å². The minimum absolute atomic E-state index is 0. The number of methoxy groups -OCH3 is 2. The fourth-order valence-electron chi connectivity index (χ4n) is 9.27. The van der Waals surface area contributed by atoms with Gasteiger partial charge in [0.25, 0.3) is 0 Å². The number of likely N-dealkylation sites (tertiary alicyclic amines) is 1. The van der Waals surface area contributed by atoms with E-state index in [1.165, 1.54) is 0 Å². The third-order valence-electron chi connectivity index (χ3n) is 12.8. The number of sulfone groups is 1. The van der Waals surface area contributed by atoms with Gasteiger partial charge in [-0.3, -0.25) is 19.2 Å². The third kappa shape index (κ3) is 15.4. The van der Waals surface area contributed by atoms with Crippen molar-refractivity contribution in [2.24, 2.45) is 35.5 Å². The van der Waals surface area contributed by atoms with Gasteiger partial charge in [0.15, 0.2) is 15.6 Å². The summed E-state index contributed by atoms with van der Waals surface area (Å²) < 4.78 is 39.1. The van der Waals surface area contributed by atoms with E-state index >= 15 is 0 Å². The number of hydrogen-bond donors (Lipinski definition) is 1. The van der Waals surface area contributed by atoms with Crippen molar-refractivity contribution < 1.29 is 37.1 Å². The molecule has 0 aromatic heterocycles. The number of nitrogens with one attached hydrogen (secondary N) is 1. The summed E-state index contributed by atoms with van der Waals surface area (Å²) in [5.74, 6) is -2.19. The van der Waals surface area contributed by atoms with Gasteiger partial charge in [-0.2, -0.15) is 0 Å². The first-order valence-electron chi connectivity index (χ1n) is 22.0. The number of amides is 2. The number of carbonyl (C=O) groups is 4. The predicted octanol–water partition coefficient (Wildman–Crippen LogP) is 7.45. The molecule has 0 aliphatic carbocycles. The molecular formula is C49H79N3O8S. The standard InChI is InChI=1S/C48H75N3O8S.CH4/c1-12-34(6)46(50(9)48(55)39(32(2)3)28-42(53)45(49-8)33(4)5)43(58-10)29-44(54)51-25-19-24-40(51)47(59-11)35(7)41(52)27-38(26-36-20-15-13-16-21-36)31-60(56,57)30-37-22-17-14-18-23-37;/h13-18,20-23,32-35,38-40,43,45-47,49H,12,19,24-31H2,1-11H3;1H4/t34-,35-,38+,39-,40-,43+,45-,46-,47+;/m0./s1. The van der Waals surface area contributed by atoms with Gasteiger partial charge in [0, 0.05) is 52.5 Å². The van der Waals surface area contributed by atoms with Gasteiger partial charge in [-0.25, -0.2) is 8.42 Å². The molecule has 1 saturated heterocycles. The lowest BCUT2D eigenvalue weighted by atomic mass is 9.84. The zero-order valence-electron chi connectivity index (χ0n) is 38.3. The second-order valence-electron chi connectivity index (χ2n) is 17.9. The Morgan fingerprint density at radius 2 is 1.43 bits per heavy atom. The van der Waals surface area contributed by atoms with Crippen molar-refractivity contribution in [1.29, 1.82) is 0 Å². The van der Waals surface area contributed by atoms with Crippen LogP contribution in [0, 0.1) is 35.5 Å². The Balaban J connectivity index is 0.0000128. The van der Waals surface area contributed by atoms with E-state index in [1.807, 2.05) is 88.0 Å². The van der Waals surface area contributed by atoms with Crippen molar-refractivity contribution in [3.05, 3.63) is 71.8 Å². The molecule has 11 nitrogen and oxygen atoms in total. The Morgan fingerprint density at radius 3 is 1.93 bits per heavy atom. The van der Waals surface area contributed by atoms with E-state index in [0.717, 1.165) is 18.4 Å². The quantitative estimate of drug-likeness (QED) is 0.102. The number of ketones is 2. The highest BCUT2D eigenvalue weighted by Gasteiger charge is 2.43. The van der Waals surface area contributed by atoms with Crippen molar-refractivity contribution in [2.75, 3.05) is 40.6 Å². The zero-order valence-corrected chi connectivity index (χ0v) is 39.1. The summed E-state index contributed by atoms with van der Waals surface area (Å²) in [5, 5.41) is 3.11. The average Bonchev–Trinajstić information content (AvgIpc) is 3.69. The van der Waals surface area contributed by atoms with Gasteiger partial charge < -0.3 is 24.6 Å². The molecule has 1 aliphatic heterocycles. The molecule has 9 atom stereocenters. The van der Waals surface area contributed by atoms with Crippen molar-refractivity contribution in [1.82, 2.24) is 15.1 Å². The van der Waals surface area contributed by atoms with Crippen LogP contribution in [0.3, 0.4) is 0 Å². The molecule has 1 fully saturated rings. The van der Waals surface area contributed by atoms with E-state index < -0.39 is 45.8 Å². The Morgan fingerprint density at radius 1 is 0.836 bits per heavy atom. The molecule has 0 spiro atoms. The molecule has 12 heteroatoms. The Hall–Kier alpha value is -3.45. The molecule has 344 valence electrons. The maximum absolute atomic E-state index is 14.4. The summed E-state index contributed by atoms with van der Waals surface area (Å²) in [4.78, 5) is 59.8. The Bertz CT molecular complexity index is 1760. The highest BCUT2D eigenvalue weighted by Crippen LogP contribution is 2.32. The number of nitrogens with zero attached hydrogens (tertiary/aromatic N) is 2. The van der Waals surface area contributed by atoms with Gasteiger partial charge in [0.2, 0.25) is 11.8 Å². The lowest BCUT2D eigenvalue weighted by molar-refractivity contribution is -0.149. The molecule has 0 bridgehead atoms. The first kappa shape index (κ1) is 53.7. The topological polar surface area (TPSA) is 139 Å². The molecule has 3 rings (SSSR count). The van der Waals surface area contributed by atoms with E-state index in [1.54, 1.807) is 45.3 Å². The monoisotopic (exact) mass is 870 g/mol. The maximum atomic E-state index is 14.4. The molecule has 1 aliphatic rings. The molecule has 61 heavy (non-hydrogen) atoms. The molecule has 1 N–H and O–H groups in total. The lowest BCUT2D eigenvalue weighted by Gasteiger charge is -2.41. The van der Waals surface area contributed by atoms with Gasteiger partial charge in [0.05, 0.1) is 48.3 Å². The predicted molar refractivity (Wildman–Crippen MR) is 246 cm³/mol. The van der Waals surface area contributed by atoms with Crippen LogP contribution in [0.4, 0.5) is 0 Å². The Kier molecular flexibility index (Phi) is 22.5. The average molecular weight is 870 g/mol. The zero-order chi connectivity index (χ0) is 44.7. The molecule has 0 saturated carbocycles. The van der Waals surface area contributed by atoms with Crippen LogP contribution in [-0.2, 0) is 50.7 Å². The van der Waals surface area contributed by atoms with Crippen LogP contribution in [0.25, 0.3) is 0 Å². The van der Waals surface area contributed by atoms with Gasteiger partial charge in [-0.15, -0.1) is 0 Å². The highest BCUT2D eigenvalue weighted by atomic mass is 32.2. The number of Topliss-reactive ketones (excluding diaryl/α,β-unsaturated/α-hetero) is 2. The Labute approximate surface area is 369 Å². The van der Waals surface area contributed by atoms with Gasteiger partial charge in [-0.1, -0.05) is 123 Å². The van der Waals surface area contributed by atoms with Crippen molar-refractivity contribution in [3.8, 4) is 0 Å². The fraction of sp³-hybridized carbons (Fsp3) is 0.673. The second-order valence-corrected chi connectivity index (χ2v) is 20.0. The number of likely N-dealkylation sites (N-methyl/N-ethyl adjacent to an activating group) is 2. The molecule has 2 aromatic rings. The van der Waals surface area contributed by atoms with Crippen LogP contribution in [0.5, 0.6) is 0 Å². The summed E-state index contributed by atoms with van der Waals surface area (Å²) >= 11 is 0. The molecule has 2 amide bonds. The van der Waals surface area contributed by atoms with E-state index in [9.17, 15) is 27.6 Å². The van der Waals surface area contributed by atoms with Crippen LogP contribution in [0.2, 0.25) is 0 Å². The first-order valence-corrected chi connectivity index (χ1v) is 23.8. The summed E-state index contributed by atoms with van der Waals surface area (Å²) in [6.07, 6.45) is 1.56. The first-order chi connectivity index (χ1) is 28.4. The van der Waals surface area contributed by atoms with Crippen LogP contribution in [0.15, 0.2) is 60.7 Å². The molecular weight excluding hydrogens is 791 g/mol. The van der Waals surface area contributed by atoms with Gasteiger partial charge in [0.1, 0.15) is 5.78 Å². The van der Waals surface area contributed by atoms with Crippen molar-refractivity contribution in [3.63, 3.8) is 0 Å². The van der Waals surface area contributed by atoms with E-state index in [0.29, 0.717) is 24.9 Å². The minimum atomic E-state index is -3.54. The van der Waals surface area contributed by atoms with Crippen molar-refractivity contribution >= 4 is 33.2 Å². The third-order valence-corrected chi connectivity index (χ3v) is 14.5. The van der Waals surface area contributed by atoms with Crippen LogP contribution in [-0.4, -0.2) is 113 Å². The minimum Gasteiger partial charge on any atom is -0.379 e. The second kappa shape index (κ2) is 25.6. The fourth-order valence-corrected chi connectivity index (χ4v) is 11.0. The van der Waals surface area contributed by atoms with E-state index in [-0.39, 0.29) is 91.4 Å². The molecule has 2 aromatic carbocycles. The van der Waals surface area contributed by atoms with Crippen LogP contribution in [0.1, 0.15) is 106 Å². The lowest BCUT2D eigenvalue weighted by Crippen LogP contribution is -2.54. The van der Waals surface area contributed by atoms with Crippen LogP contribution >= 0.6 is 0 Å². The van der Waals surface area contributed by atoms with Gasteiger partial charge >= 0.3 is 0 Å².